The molecular weight excluding hydrogens is 234 g/mol. The van der Waals surface area contributed by atoms with Crippen molar-refractivity contribution in [2.24, 2.45) is 7.05 Å². The van der Waals surface area contributed by atoms with Gasteiger partial charge in [-0.1, -0.05) is 6.07 Å². The first-order valence-electron chi connectivity index (χ1n) is 5.45. The summed E-state index contributed by atoms with van der Waals surface area (Å²) in [6, 6.07) is 5.52. The second-order valence-corrected chi connectivity index (χ2v) is 3.87. The molecule has 0 atom stereocenters. The first-order valence-corrected chi connectivity index (χ1v) is 5.45. The van der Waals surface area contributed by atoms with E-state index in [0.29, 0.717) is 18.0 Å². The van der Waals surface area contributed by atoms with Gasteiger partial charge in [0.1, 0.15) is 6.33 Å². The summed E-state index contributed by atoms with van der Waals surface area (Å²) in [4.78, 5) is 11.7. The fourth-order valence-corrected chi connectivity index (χ4v) is 1.68. The lowest BCUT2D eigenvalue weighted by molar-refractivity contribution is 0.354. The van der Waals surface area contributed by atoms with Gasteiger partial charge in [0.2, 0.25) is 0 Å². The highest BCUT2D eigenvalue weighted by atomic mass is 16.5. The number of methoxy groups -OCH3 is 2. The second kappa shape index (κ2) is 4.95. The molecule has 2 rings (SSSR count). The molecule has 0 spiro atoms. The maximum Gasteiger partial charge on any atom is 0.345 e. The van der Waals surface area contributed by atoms with E-state index in [1.165, 1.54) is 15.6 Å². The van der Waals surface area contributed by atoms with E-state index in [9.17, 15) is 4.79 Å². The highest BCUT2D eigenvalue weighted by molar-refractivity contribution is 5.42. The van der Waals surface area contributed by atoms with E-state index in [0.717, 1.165) is 5.56 Å². The third kappa shape index (κ3) is 2.22. The number of nitrogens with zero attached hydrogens (tertiary/aromatic N) is 3. The fraction of sp³-hybridized carbons (Fsp3) is 0.333. The molecule has 0 aliphatic rings. The van der Waals surface area contributed by atoms with Gasteiger partial charge in [-0.2, -0.15) is 5.10 Å². The zero-order chi connectivity index (χ0) is 13.1. The zero-order valence-corrected chi connectivity index (χ0v) is 10.6. The Labute approximate surface area is 104 Å². The van der Waals surface area contributed by atoms with Gasteiger partial charge in [0.25, 0.3) is 0 Å². The predicted molar refractivity (Wildman–Crippen MR) is 66.1 cm³/mol. The van der Waals surface area contributed by atoms with Crippen molar-refractivity contribution in [3.8, 4) is 11.5 Å². The lowest BCUT2D eigenvalue weighted by Gasteiger charge is -2.09. The molecule has 2 aromatic rings. The minimum atomic E-state index is -0.148. The van der Waals surface area contributed by atoms with Crippen LogP contribution in [-0.2, 0) is 13.6 Å². The van der Waals surface area contributed by atoms with Crippen LogP contribution in [0.15, 0.2) is 29.3 Å². The van der Waals surface area contributed by atoms with Crippen molar-refractivity contribution in [2.75, 3.05) is 14.2 Å². The molecule has 0 radical (unpaired) electrons. The molecule has 1 aromatic carbocycles. The molecule has 18 heavy (non-hydrogen) atoms. The van der Waals surface area contributed by atoms with Crippen LogP contribution >= 0.6 is 0 Å². The van der Waals surface area contributed by atoms with Gasteiger partial charge in [0.15, 0.2) is 11.5 Å². The normalized spacial score (nSPS) is 10.4. The van der Waals surface area contributed by atoms with Crippen molar-refractivity contribution >= 4 is 0 Å². The molecular formula is C12H15N3O3. The summed E-state index contributed by atoms with van der Waals surface area (Å²) in [6.07, 6.45) is 1.49. The molecule has 0 bridgehead atoms. The third-order valence-electron chi connectivity index (χ3n) is 2.67. The van der Waals surface area contributed by atoms with Crippen LogP contribution < -0.4 is 15.2 Å². The number of aryl methyl sites for hydroxylation is 1. The summed E-state index contributed by atoms with van der Waals surface area (Å²) in [5.41, 5.74) is 0.776. The first kappa shape index (κ1) is 12.2. The summed E-state index contributed by atoms with van der Waals surface area (Å²) >= 11 is 0. The Morgan fingerprint density at radius 3 is 2.50 bits per heavy atom. The molecule has 0 fully saturated rings. The van der Waals surface area contributed by atoms with Crippen LogP contribution in [0.25, 0.3) is 0 Å². The molecule has 0 N–H and O–H groups in total. The molecule has 0 saturated carbocycles. The van der Waals surface area contributed by atoms with Gasteiger partial charge in [0, 0.05) is 7.05 Å². The number of aromatic nitrogens is 3. The monoisotopic (exact) mass is 249 g/mol. The summed E-state index contributed by atoms with van der Waals surface area (Å²) in [6.45, 7) is 0.403. The lowest BCUT2D eigenvalue weighted by Crippen LogP contribution is -2.23. The molecule has 1 aromatic heterocycles. The Morgan fingerprint density at radius 1 is 1.22 bits per heavy atom. The third-order valence-corrected chi connectivity index (χ3v) is 2.67. The van der Waals surface area contributed by atoms with Crippen LogP contribution in [0.5, 0.6) is 11.5 Å². The summed E-state index contributed by atoms with van der Waals surface area (Å²) < 4.78 is 13.2. The minimum absolute atomic E-state index is 0.148. The molecule has 0 aliphatic heterocycles. The van der Waals surface area contributed by atoms with Crippen LogP contribution in [0.4, 0.5) is 0 Å². The van der Waals surface area contributed by atoms with Crippen LogP contribution in [0.3, 0.4) is 0 Å². The maximum atomic E-state index is 11.7. The lowest BCUT2D eigenvalue weighted by atomic mass is 10.2. The number of rotatable bonds is 4. The van der Waals surface area contributed by atoms with Crippen molar-refractivity contribution in [2.45, 2.75) is 6.54 Å². The molecule has 0 amide bonds. The average molecular weight is 249 g/mol. The smallest absolute Gasteiger partial charge is 0.345 e. The average Bonchev–Trinajstić information content (AvgIpc) is 2.70. The van der Waals surface area contributed by atoms with Crippen molar-refractivity contribution < 1.29 is 9.47 Å². The van der Waals surface area contributed by atoms with Gasteiger partial charge in [-0.15, -0.1) is 0 Å². The van der Waals surface area contributed by atoms with Gasteiger partial charge in [0.05, 0.1) is 20.8 Å². The highest BCUT2D eigenvalue weighted by Crippen LogP contribution is 2.27. The van der Waals surface area contributed by atoms with Crippen LogP contribution in [-0.4, -0.2) is 28.6 Å². The summed E-state index contributed by atoms with van der Waals surface area (Å²) in [5.74, 6) is 1.30. The van der Waals surface area contributed by atoms with E-state index < -0.39 is 0 Å². The SMILES string of the molecule is COc1ccc(Cn2ncn(C)c2=O)cc1OC. The van der Waals surface area contributed by atoms with Crippen LogP contribution in [0, 0.1) is 0 Å². The van der Waals surface area contributed by atoms with Gasteiger partial charge in [-0.25, -0.2) is 9.48 Å². The maximum absolute atomic E-state index is 11.7. The van der Waals surface area contributed by atoms with Crippen molar-refractivity contribution in [3.05, 3.63) is 40.6 Å². The van der Waals surface area contributed by atoms with E-state index in [-0.39, 0.29) is 5.69 Å². The van der Waals surface area contributed by atoms with Crippen molar-refractivity contribution in [3.63, 3.8) is 0 Å². The summed E-state index contributed by atoms with van der Waals surface area (Å²) in [7, 11) is 4.83. The Bertz CT molecular complexity index is 601. The Hall–Kier alpha value is -2.24. The standard InChI is InChI=1S/C12H15N3O3/c1-14-8-13-15(12(14)16)7-9-4-5-10(17-2)11(6-9)18-3/h4-6,8H,7H2,1-3H3. The Morgan fingerprint density at radius 2 is 1.94 bits per heavy atom. The van der Waals surface area contributed by atoms with E-state index in [1.54, 1.807) is 21.3 Å². The second-order valence-electron chi connectivity index (χ2n) is 3.87. The minimum Gasteiger partial charge on any atom is -0.493 e. The first-order chi connectivity index (χ1) is 8.65. The largest absolute Gasteiger partial charge is 0.493 e. The fourth-order valence-electron chi connectivity index (χ4n) is 1.68. The van der Waals surface area contributed by atoms with Crippen LogP contribution in [0.1, 0.15) is 5.56 Å². The number of hydrogen-bond acceptors (Lipinski definition) is 4. The van der Waals surface area contributed by atoms with E-state index in [1.807, 2.05) is 18.2 Å². The quantitative estimate of drug-likeness (QED) is 0.798. The number of benzene rings is 1. The molecule has 6 nitrogen and oxygen atoms in total. The van der Waals surface area contributed by atoms with Gasteiger partial charge >= 0.3 is 5.69 Å². The van der Waals surface area contributed by atoms with Crippen molar-refractivity contribution in [1.82, 2.24) is 14.3 Å². The Balaban J connectivity index is 2.30. The van der Waals surface area contributed by atoms with E-state index in [2.05, 4.69) is 5.10 Å². The number of ether oxygens (including phenoxy) is 2. The molecule has 1 heterocycles. The summed E-state index contributed by atoms with van der Waals surface area (Å²) in [5, 5.41) is 4.00. The molecule has 96 valence electrons. The van der Waals surface area contributed by atoms with Crippen molar-refractivity contribution in [1.29, 1.82) is 0 Å². The molecule has 0 unspecified atom stereocenters. The molecule has 0 saturated heterocycles. The highest BCUT2D eigenvalue weighted by Gasteiger charge is 2.07. The van der Waals surface area contributed by atoms with Crippen LogP contribution in [0.2, 0.25) is 0 Å². The van der Waals surface area contributed by atoms with Gasteiger partial charge < -0.3 is 9.47 Å². The Kier molecular flexibility index (Phi) is 3.36. The number of hydrogen-bond donors (Lipinski definition) is 0. The van der Waals surface area contributed by atoms with E-state index in [4.69, 9.17) is 9.47 Å². The van der Waals surface area contributed by atoms with Gasteiger partial charge in [-0.05, 0) is 17.7 Å². The topological polar surface area (TPSA) is 58.3 Å². The predicted octanol–water partition coefficient (Wildman–Crippen LogP) is 0.647. The zero-order valence-electron chi connectivity index (χ0n) is 10.6. The molecule has 6 heteroatoms. The van der Waals surface area contributed by atoms with E-state index >= 15 is 0 Å². The van der Waals surface area contributed by atoms with Gasteiger partial charge in [-0.3, -0.25) is 4.57 Å². The molecule has 0 aliphatic carbocycles.